The fourth-order valence-electron chi connectivity index (χ4n) is 2.87. The highest BCUT2D eigenvalue weighted by Gasteiger charge is 2.27. The lowest BCUT2D eigenvalue weighted by atomic mass is 10.1. The first-order chi connectivity index (χ1) is 12.7. The first-order valence-electron chi connectivity index (χ1n) is 8.99. The van der Waals surface area contributed by atoms with Crippen molar-refractivity contribution in [3.63, 3.8) is 0 Å². The molecule has 1 atom stereocenters. The second-order valence-corrected chi connectivity index (χ2v) is 6.35. The van der Waals surface area contributed by atoms with Gasteiger partial charge >= 0.3 is 0 Å². The summed E-state index contributed by atoms with van der Waals surface area (Å²) in [6.07, 6.45) is 1.48. The van der Waals surface area contributed by atoms with E-state index in [4.69, 9.17) is 4.74 Å². The van der Waals surface area contributed by atoms with Crippen molar-refractivity contribution >= 4 is 17.3 Å². The number of carbonyl (C=O) groups excluding carboxylic acids is 1. The lowest BCUT2D eigenvalue weighted by molar-refractivity contribution is -0.125. The van der Waals surface area contributed by atoms with Crippen LogP contribution in [0.4, 0.5) is 5.69 Å². The molecule has 0 aliphatic carbocycles. The van der Waals surface area contributed by atoms with E-state index < -0.39 is 6.23 Å². The zero-order valence-corrected chi connectivity index (χ0v) is 15.0. The van der Waals surface area contributed by atoms with E-state index in [9.17, 15) is 9.90 Å². The number of hydrogen-bond donors (Lipinski definition) is 1. The Bertz CT molecular complexity index is 774. The van der Waals surface area contributed by atoms with Gasteiger partial charge < -0.3 is 14.7 Å². The summed E-state index contributed by atoms with van der Waals surface area (Å²) < 4.78 is 5.89. The lowest BCUT2D eigenvalue weighted by Crippen LogP contribution is -2.45. The number of ketones is 1. The predicted octanol–water partition coefficient (Wildman–Crippen LogP) is 3.56. The third kappa shape index (κ3) is 4.49. The SMILES string of the molecule is CCCCC1=NC(O)C(=O)CN1c1cccc(OCc2ccccc2)c1. The van der Waals surface area contributed by atoms with Crippen molar-refractivity contribution in [2.24, 2.45) is 4.99 Å². The van der Waals surface area contributed by atoms with Crippen LogP contribution in [0, 0.1) is 0 Å². The van der Waals surface area contributed by atoms with E-state index in [1.165, 1.54) is 0 Å². The predicted molar refractivity (Wildman–Crippen MR) is 103 cm³/mol. The van der Waals surface area contributed by atoms with E-state index in [1.807, 2.05) is 59.5 Å². The van der Waals surface area contributed by atoms with Crippen LogP contribution >= 0.6 is 0 Å². The van der Waals surface area contributed by atoms with Gasteiger partial charge in [0.1, 0.15) is 18.2 Å². The number of ether oxygens (including phenoxy) is 1. The maximum Gasteiger partial charge on any atom is 0.208 e. The zero-order chi connectivity index (χ0) is 18.4. The van der Waals surface area contributed by atoms with Crippen molar-refractivity contribution in [2.45, 2.75) is 39.0 Å². The summed E-state index contributed by atoms with van der Waals surface area (Å²) in [6, 6.07) is 17.6. The van der Waals surface area contributed by atoms with Gasteiger partial charge in [0.15, 0.2) is 0 Å². The molecule has 1 aliphatic rings. The summed E-state index contributed by atoms with van der Waals surface area (Å²) in [7, 11) is 0. The molecular formula is C21H24N2O3. The summed E-state index contributed by atoms with van der Waals surface area (Å²) >= 11 is 0. The largest absolute Gasteiger partial charge is 0.489 e. The Morgan fingerprint density at radius 1 is 1.19 bits per heavy atom. The number of benzene rings is 2. The van der Waals surface area contributed by atoms with Gasteiger partial charge in [0.05, 0.1) is 6.54 Å². The fourth-order valence-corrected chi connectivity index (χ4v) is 2.87. The first-order valence-corrected chi connectivity index (χ1v) is 8.99. The lowest BCUT2D eigenvalue weighted by Gasteiger charge is -2.30. The molecule has 0 radical (unpaired) electrons. The van der Waals surface area contributed by atoms with Crippen LogP contribution in [0.1, 0.15) is 31.7 Å². The number of amidine groups is 1. The zero-order valence-electron chi connectivity index (χ0n) is 15.0. The van der Waals surface area contributed by atoms with Gasteiger partial charge in [-0.1, -0.05) is 49.7 Å². The Balaban J connectivity index is 1.77. The molecule has 0 saturated heterocycles. The summed E-state index contributed by atoms with van der Waals surface area (Å²) in [5.74, 6) is 1.19. The highest BCUT2D eigenvalue weighted by Crippen LogP contribution is 2.25. The normalized spacial score (nSPS) is 17.2. The Kier molecular flexibility index (Phi) is 6.02. The van der Waals surface area contributed by atoms with Gasteiger partial charge in [-0.15, -0.1) is 0 Å². The maximum atomic E-state index is 12.0. The van der Waals surface area contributed by atoms with Crippen molar-refractivity contribution in [2.75, 3.05) is 11.4 Å². The number of aliphatic hydroxyl groups is 1. The molecule has 0 fully saturated rings. The third-order valence-corrected chi connectivity index (χ3v) is 4.32. The first kappa shape index (κ1) is 18.1. The van der Waals surface area contributed by atoms with Crippen LogP contribution < -0.4 is 9.64 Å². The molecular weight excluding hydrogens is 328 g/mol. The standard InChI is InChI=1S/C21H24N2O3/c1-2-3-12-20-22-21(25)19(24)14-23(20)17-10-7-11-18(13-17)26-15-16-8-5-4-6-9-16/h4-11,13,21,25H,2-3,12,14-15H2,1H3. The average Bonchev–Trinajstić information content (AvgIpc) is 2.68. The number of anilines is 1. The number of carbonyl (C=O) groups is 1. The Morgan fingerprint density at radius 3 is 2.77 bits per heavy atom. The van der Waals surface area contributed by atoms with Gasteiger partial charge in [-0.05, 0) is 24.1 Å². The molecule has 136 valence electrons. The van der Waals surface area contributed by atoms with Crippen molar-refractivity contribution < 1.29 is 14.6 Å². The number of aliphatic imine (C=N–C) groups is 1. The van der Waals surface area contributed by atoms with Crippen molar-refractivity contribution in [1.29, 1.82) is 0 Å². The van der Waals surface area contributed by atoms with Crippen LogP contribution in [0.5, 0.6) is 5.75 Å². The second-order valence-electron chi connectivity index (χ2n) is 6.35. The van der Waals surface area contributed by atoms with Crippen LogP contribution in [0.25, 0.3) is 0 Å². The summed E-state index contributed by atoms with van der Waals surface area (Å²) in [5, 5.41) is 9.79. The van der Waals surface area contributed by atoms with Crippen molar-refractivity contribution in [1.82, 2.24) is 0 Å². The molecule has 0 aromatic heterocycles. The van der Waals surface area contributed by atoms with Crippen molar-refractivity contribution in [3.8, 4) is 5.75 Å². The molecule has 5 nitrogen and oxygen atoms in total. The molecule has 2 aromatic rings. The number of unbranched alkanes of at least 4 members (excludes halogenated alkanes) is 1. The van der Waals surface area contributed by atoms with Crippen LogP contribution in [-0.2, 0) is 11.4 Å². The number of nitrogens with zero attached hydrogens (tertiary/aromatic N) is 2. The maximum absolute atomic E-state index is 12.0. The number of aliphatic hydroxyl groups excluding tert-OH is 1. The number of Topliss-reactive ketones (excluding diaryl/α,β-unsaturated/α-hetero) is 1. The molecule has 1 N–H and O–H groups in total. The van der Waals surface area contributed by atoms with E-state index in [0.29, 0.717) is 6.61 Å². The van der Waals surface area contributed by atoms with E-state index in [1.54, 1.807) is 0 Å². The molecule has 3 rings (SSSR count). The van der Waals surface area contributed by atoms with Gasteiger partial charge in [-0.3, -0.25) is 4.79 Å². The third-order valence-electron chi connectivity index (χ3n) is 4.32. The second kappa shape index (κ2) is 8.63. The highest BCUT2D eigenvalue weighted by molar-refractivity contribution is 6.07. The van der Waals surface area contributed by atoms with Crippen LogP contribution in [-0.4, -0.2) is 29.5 Å². The Labute approximate surface area is 153 Å². The molecule has 26 heavy (non-hydrogen) atoms. The number of hydrogen-bond acceptors (Lipinski definition) is 5. The van der Waals surface area contributed by atoms with Gasteiger partial charge in [0.2, 0.25) is 12.0 Å². The van der Waals surface area contributed by atoms with Gasteiger partial charge in [0.25, 0.3) is 0 Å². The summed E-state index contributed by atoms with van der Waals surface area (Å²) in [5.41, 5.74) is 1.95. The highest BCUT2D eigenvalue weighted by atomic mass is 16.5. The molecule has 5 heteroatoms. The Hall–Kier alpha value is -2.66. The minimum absolute atomic E-state index is 0.131. The molecule has 1 unspecified atom stereocenters. The van der Waals surface area contributed by atoms with Gasteiger partial charge in [-0.25, -0.2) is 4.99 Å². The molecule has 2 aromatic carbocycles. The van der Waals surface area contributed by atoms with Gasteiger partial charge in [-0.2, -0.15) is 0 Å². The minimum Gasteiger partial charge on any atom is -0.489 e. The van der Waals surface area contributed by atoms with E-state index >= 15 is 0 Å². The van der Waals surface area contributed by atoms with E-state index in [0.717, 1.165) is 42.1 Å². The van der Waals surface area contributed by atoms with Gasteiger partial charge in [0, 0.05) is 18.2 Å². The molecule has 0 amide bonds. The number of rotatable bonds is 7. The minimum atomic E-state index is -1.24. The van der Waals surface area contributed by atoms with Crippen molar-refractivity contribution in [3.05, 3.63) is 60.2 Å². The van der Waals surface area contributed by atoms with E-state index in [2.05, 4.69) is 11.9 Å². The van der Waals surface area contributed by atoms with E-state index in [-0.39, 0.29) is 12.3 Å². The topological polar surface area (TPSA) is 62.1 Å². The monoisotopic (exact) mass is 352 g/mol. The molecule has 1 heterocycles. The fraction of sp³-hybridized carbons (Fsp3) is 0.333. The molecule has 0 saturated carbocycles. The summed E-state index contributed by atoms with van der Waals surface area (Å²) in [4.78, 5) is 18.0. The molecule has 0 spiro atoms. The smallest absolute Gasteiger partial charge is 0.208 e. The summed E-state index contributed by atoms with van der Waals surface area (Å²) in [6.45, 7) is 2.72. The molecule has 0 bridgehead atoms. The quantitative estimate of drug-likeness (QED) is 0.828. The van der Waals surface area contributed by atoms with Crippen LogP contribution in [0.2, 0.25) is 0 Å². The van der Waals surface area contributed by atoms with Crippen LogP contribution in [0.15, 0.2) is 59.6 Å². The van der Waals surface area contributed by atoms with Crippen LogP contribution in [0.3, 0.4) is 0 Å². The molecule has 1 aliphatic heterocycles. The average molecular weight is 352 g/mol. The Morgan fingerprint density at radius 2 is 2.00 bits per heavy atom.